The van der Waals surface area contributed by atoms with Crippen LogP contribution in [0.4, 0.5) is 5.69 Å². The fourth-order valence-electron chi connectivity index (χ4n) is 8.37. The van der Waals surface area contributed by atoms with E-state index in [9.17, 15) is 0 Å². The van der Waals surface area contributed by atoms with Crippen molar-refractivity contribution in [2.75, 3.05) is 4.90 Å². The number of rotatable bonds is 2. The van der Waals surface area contributed by atoms with E-state index in [1.807, 2.05) is 0 Å². The van der Waals surface area contributed by atoms with Crippen molar-refractivity contribution in [3.05, 3.63) is 155 Å². The van der Waals surface area contributed by atoms with Gasteiger partial charge in [-0.1, -0.05) is 104 Å². The highest BCUT2D eigenvalue weighted by Gasteiger charge is 2.51. The minimum absolute atomic E-state index is 0.162. The Labute approximate surface area is 251 Å². The second-order valence-electron chi connectivity index (χ2n) is 12.1. The van der Waals surface area contributed by atoms with Crippen molar-refractivity contribution >= 4 is 11.5 Å². The number of anilines is 1. The molecular formula is C40H28N2O. The van der Waals surface area contributed by atoms with Crippen LogP contribution in [0.25, 0.3) is 33.4 Å². The quantitative estimate of drug-likeness (QED) is 0.214. The normalized spacial score (nSPS) is 18.9. The molecule has 43 heavy (non-hydrogen) atoms. The van der Waals surface area contributed by atoms with Gasteiger partial charge in [0, 0.05) is 6.42 Å². The van der Waals surface area contributed by atoms with E-state index in [1.165, 1.54) is 55.8 Å². The third-order valence-corrected chi connectivity index (χ3v) is 10.1. The molecule has 3 nitrogen and oxygen atoms in total. The fraction of sp³-hybridized carbons (Fsp3) is 0.125. The van der Waals surface area contributed by atoms with Gasteiger partial charge in [0.25, 0.3) is 0 Å². The first-order valence-electron chi connectivity index (χ1n) is 15.3. The summed E-state index contributed by atoms with van der Waals surface area (Å²) in [5.41, 5.74) is 15.0. The molecule has 0 bridgehead atoms. The highest BCUT2D eigenvalue weighted by Crippen LogP contribution is 2.63. The minimum Gasteiger partial charge on any atom is -0.453 e. The Morgan fingerprint density at radius 3 is 2.00 bits per heavy atom. The SMILES string of the molecule is CCC1=NC2CC=CC3=C2N1c1ccc(-c2ccc4c(c2)C2(c5ccccc5-c5ccccc52)c2ccccc2-4)cc1O3. The Balaban J connectivity index is 1.18. The van der Waals surface area contributed by atoms with Gasteiger partial charge in [-0.05, 0) is 86.3 Å². The van der Waals surface area contributed by atoms with E-state index in [4.69, 9.17) is 9.73 Å². The van der Waals surface area contributed by atoms with Crippen LogP contribution in [0.5, 0.6) is 5.75 Å². The lowest BCUT2D eigenvalue weighted by molar-refractivity contribution is 0.420. The summed E-state index contributed by atoms with van der Waals surface area (Å²) in [7, 11) is 0. The van der Waals surface area contributed by atoms with Gasteiger partial charge in [0.15, 0.2) is 5.75 Å². The molecule has 1 unspecified atom stereocenters. The maximum Gasteiger partial charge on any atom is 0.152 e. The number of hydrogen-bond acceptors (Lipinski definition) is 3. The van der Waals surface area contributed by atoms with Gasteiger partial charge in [0.1, 0.15) is 11.6 Å². The van der Waals surface area contributed by atoms with E-state index in [1.54, 1.807) is 0 Å². The van der Waals surface area contributed by atoms with Crippen LogP contribution in [0.2, 0.25) is 0 Å². The van der Waals surface area contributed by atoms with E-state index in [2.05, 4.69) is 133 Å². The van der Waals surface area contributed by atoms with Crippen molar-refractivity contribution in [3.8, 4) is 39.1 Å². The molecule has 0 saturated heterocycles. The van der Waals surface area contributed by atoms with Crippen LogP contribution in [0.15, 0.2) is 138 Å². The summed E-state index contributed by atoms with van der Waals surface area (Å²) in [5.74, 6) is 2.93. The third kappa shape index (κ3) is 2.83. The van der Waals surface area contributed by atoms with Crippen LogP contribution in [-0.4, -0.2) is 11.9 Å². The topological polar surface area (TPSA) is 24.8 Å². The van der Waals surface area contributed by atoms with Crippen molar-refractivity contribution in [3.63, 3.8) is 0 Å². The average Bonchev–Trinajstić information content (AvgIpc) is 3.69. The Morgan fingerprint density at radius 1 is 0.721 bits per heavy atom. The third-order valence-electron chi connectivity index (χ3n) is 10.1. The zero-order chi connectivity index (χ0) is 28.3. The van der Waals surface area contributed by atoms with Gasteiger partial charge in [-0.2, -0.15) is 0 Å². The Hall–Kier alpha value is -5.15. The Kier molecular flexibility index (Phi) is 4.48. The molecular weight excluding hydrogens is 524 g/mol. The van der Waals surface area contributed by atoms with Gasteiger partial charge in [-0.3, -0.25) is 9.89 Å². The van der Waals surface area contributed by atoms with E-state index in [0.717, 1.165) is 41.4 Å². The molecule has 3 aliphatic carbocycles. The number of ether oxygens (including phenoxy) is 1. The highest BCUT2D eigenvalue weighted by atomic mass is 16.5. The summed E-state index contributed by atoms with van der Waals surface area (Å²) in [6, 6.07) is 40.8. The molecule has 5 aromatic rings. The van der Waals surface area contributed by atoms with Crippen LogP contribution < -0.4 is 9.64 Å². The molecule has 0 fully saturated rings. The van der Waals surface area contributed by atoms with E-state index < -0.39 is 0 Å². The molecule has 5 aliphatic rings. The number of fused-ring (bicyclic) bond motifs is 12. The molecule has 3 heteroatoms. The number of aliphatic imine (C=N–C) groups is 1. The lowest BCUT2D eigenvalue weighted by Crippen LogP contribution is -2.32. The molecule has 10 rings (SSSR count). The molecule has 0 amide bonds. The molecule has 0 saturated carbocycles. The number of benzene rings is 5. The summed E-state index contributed by atoms with van der Waals surface area (Å²) in [5, 5.41) is 0. The summed E-state index contributed by atoms with van der Waals surface area (Å²) < 4.78 is 6.58. The number of hydrogen-bond donors (Lipinski definition) is 0. The van der Waals surface area contributed by atoms with Gasteiger partial charge < -0.3 is 4.74 Å². The van der Waals surface area contributed by atoms with Crippen molar-refractivity contribution in [1.82, 2.24) is 0 Å². The van der Waals surface area contributed by atoms with Gasteiger partial charge in [-0.15, -0.1) is 0 Å². The summed E-state index contributed by atoms with van der Waals surface area (Å²) >= 11 is 0. The number of amidine groups is 1. The standard InChI is InChI=1S/C40H28N2O/c1-2-38-41-34-16-9-17-36-39(34)42(38)35-21-19-25(23-37(35)43-36)24-18-20-29-28-12-5-8-15-32(28)40(33(29)22-24)30-13-6-3-10-26(30)27-11-4-7-14-31(27)40/h3-15,17-23,34H,2,16H2,1H3. The van der Waals surface area contributed by atoms with Crippen LogP contribution in [-0.2, 0) is 5.41 Å². The monoisotopic (exact) mass is 552 g/mol. The van der Waals surface area contributed by atoms with Crippen LogP contribution in [0.1, 0.15) is 42.0 Å². The first-order valence-corrected chi connectivity index (χ1v) is 15.3. The smallest absolute Gasteiger partial charge is 0.152 e. The molecule has 2 aliphatic heterocycles. The van der Waals surface area contributed by atoms with Crippen molar-refractivity contribution in [2.24, 2.45) is 4.99 Å². The summed E-state index contributed by atoms with van der Waals surface area (Å²) in [6.45, 7) is 2.19. The molecule has 2 heterocycles. The Bertz CT molecular complexity index is 2080. The Morgan fingerprint density at radius 2 is 1.33 bits per heavy atom. The van der Waals surface area contributed by atoms with Crippen LogP contribution in [0, 0.1) is 0 Å². The number of allylic oxidation sites excluding steroid dienone is 1. The van der Waals surface area contributed by atoms with E-state index >= 15 is 0 Å². The first-order chi connectivity index (χ1) is 21.3. The zero-order valence-electron chi connectivity index (χ0n) is 23.8. The zero-order valence-corrected chi connectivity index (χ0v) is 23.8. The maximum atomic E-state index is 6.58. The maximum absolute atomic E-state index is 6.58. The van der Waals surface area contributed by atoms with Gasteiger partial charge in [0.2, 0.25) is 0 Å². The van der Waals surface area contributed by atoms with Gasteiger partial charge in [-0.25, -0.2) is 0 Å². The van der Waals surface area contributed by atoms with Crippen LogP contribution in [0.3, 0.4) is 0 Å². The molecule has 1 atom stereocenters. The van der Waals surface area contributed by atoms with Crippen molar-refractivity contribution < 1.29 is 4.74 Å². The second kappa shape index (κ2) is 8.23. The van der Waals surface area contributed by atoms with E-state index in [0.29, 0.717) is 0 Å². The molecule has 0 aromatic heterocycles. The van der Waals surface area contributed by atoms with Crippen molar-refractivity contribution in [2.45, 2.75) is 31.2 Å². The molecule has 204 valence electrons. The predicted octanol–water partition coefficient (Wildman–Crippen LogP) is 9.26. The van der Waals surface area contributed by atoms with Crippen LogP contribution >= 0.6 is 0 Å². The second-order valence-corrected chi connectivity index (χ2v) is 12.1. The van der Waals surface area contributed by atoms with Gasteiger partial charge in [0.05, 0.1) is 22.8 Å². The molecule has 5 aromatic carbocycles. The van der Waals surface area contributed by atoms with Gasteiger partial charge >= 0.3 is 0 Å². The molecule has 1 spiro atoms. The minimum atomic E-state index is -0.344. The largest absolute Gasteiger partial charge is 0.453 e. The lowest BCUT2D eigenvalue weighted by Gasteiger charge is -2.33. The van der Waals surface area contributed by atoms with Crippen molar-refractivity contribution in [1.29, 1.82) is 0 Å². The molecule has 0 N–H and O–H groups in total. The summed E-state index contributed by atoms with van der Waals surface area (Å²) in [4.78, 5) is 7.38. The predicted molar refractivity (Wildman–Crippen MR) is 174 cm³/mol. The lowest BCUT2D eigenvalue weighted by atomic mass is 9.70. The number of nitrogens with zero attached hydrogens (tertiary/aromatic N) is 2. The first kappa shape index (κ1) is 23.4. The van der Waals surface area contributed by atoms with E-state index in [-0.39, 0.29) is 11.5 Å². The average molecular weight is 553 g/mol. The summed E-state index contributed by atoms with van der Waals surface area (Å²) in [6.07, 6.45) is 6.13. The highest BCUT2D eigenvalue weighted by molar-refractivity contribution is 6.05. The molecule has 0 radical (unpaired) electrons. The fourth-order valence-corrected chi connectivity index (χ4v) is 8.37.